The van der Waals surface area contributed by atoms with Gasteiger partial charge in [0.05, 0.1) is 12.4 Å². The number of benzene rings is 1. The summed E-state index contributed by atoms with van der Waals surface area (Å²) in [7, 11) is 0. The SMILES string of the molecule is C=CC(=O)N(OC1CCCCO1)c1cnc(N[C@@H]2CCN(CCc3ccc(Br)cc3)C2)cn1. The largest absolute Gasteiger partial charge is 0.365 e. The normalized spacial score (nSPS) is 21.0. The number of ether oxygens (including phenoxy) is 1. The topological polar surface area (TPSA) is 79.8 Å². The third-order valence-electron chi connectivity index (χ3n) is 5.84. The second-order valence-electron chi connectivity index (χ2n) is 8.31. The van der Waals surface area contributed by atoms with E-state index in [9.17, 15) is 4.79 Å². The van der Waals surface area contributed by atoms with E-state index in [1.165, 1.54) is 17.8 Å². The molecule has 2 fully saturated rings. The van der Waals surface area contributed by atoms with Crippen LogP contribution in [-0.4, -0.2) is 59.3 Å². The maximum atomic E-state index is 12.3. The van der Waals surface area contributed by atoms with E-state index in [2.05, 4.69) is 67.0 Å². The number of hydroxylamine groups is 1. The van der Waals surface area contributed by atoms with E-state index in [0.717, 1.165) is 61.3 Å². The van der Waals surface area contributed by atoms with Crippen LogP contribution in [0.1, 0.15) is 31.2 Å². The average Bonchev–Trinajstić information content (AvgIpc) is 3.30. The van der Waals surface area contributed by atoms with E-state index in [1.54, 1.807) is 6.20 Å². The molecule has 0 radical (unpaired) electrons. The summed E-state index contributed by atoms with van der Waals surface area (Å²) in [6.07, 6.45) is 8.70. The standard InChI is InChI=1S/C24H30BrN5O3/c1-2-23(31)30(33-24-5-3-4-14-32-24)22-16-26-21(15-27-22)28-20-11-13-29(17-20)12-10-18-6-8-19(25)9-7-18/h2,6-9,15-16,20,24H,1,3-5,10-14,17H2,(H,26,28)/t20-,24?/m1/s1. The monoisotopic (exact) mass is 515 g/mol. The molecule has 9 heteroatoms. The Balaban J connectivity index is 1.28. The lowest BCUT2D eigenvalue weighted by Crippen LogP contribution is -2.37. The van der Waals surface area contributed by atoms with E-state index < -0.39 is 12.2 Å². The molecule has 2 aromatic rings. The van der Waals surface area contributed by atoms with E-state index in [4.69, 9.17) is 9.57 Å². The van der Waals surface area contributed by atoms with Gasteiger partial charge in [0, 0.05) is 43.2 Å². The van der Waals surface area contributed by atoms with Crippen LogP contribution < -0.4 is 10.4 Å². The molecule has 0 bridgehead atoms. The Kier molecular flexibility index (Phi) is 8.44. The van der Waals surface area contributed by atoms with Gasteiger partial charge in [0.15, 0.2) is 12.1 Å². The summed E-state index contributed by atoms with van der Waals surface area (Å²) in [6.45, 7) is 7.22. The highest BCUT2D eigenvalue weighted by Crippen LogP contribution is 2.21. The lowest BCUT2D eigenvalue weighted by Gasteiger charge is -2.28. The molecule has 2 aliphatic rings. The van der Waals surface area contributed by atoms with Crippen molar-refractivity contribution >= 4 is 33.5 Å². The van der Waals surface area contributed by atoms with Gasteiger partial charge in [-0.25, -0.2) is 14.8 Å². The number of amides is 1. The van der Waals surface area contributed by atoms with Crippen LogP contribution >= 0.6 is 15.9 Å². The minimum Gasteiger partial charge on any atom is -0.365 e. The van der Waals surface area contributed by atoms with Crippen molar-refractivity contribution in [1.29, 1.82) is 0 Å². The number of carbonyl (C=O) groups is 1. The van der Waals surface area contributed by atoms with Crippen LogP contribution in [0.2, 0.25) is 0 Å². The van der Waals surface area contributed by atoms with Crippen molar-refractivity contribution in [3.05, 3.63) is 59.4 Å². The van der Waals surface area contributed by atoms with Gasteiger partial charge in [-0.3, -0.25) is 4.79 Å². The van der Waals surface area contributed by atoms with Crippen LogP contribution in [0, 0.1) is 0 Å². The minimum absolute atomic E-state index is 0.308. The highest BCUT2D eigenvalue weighted by molar-refractivity contribution is 9.10. The van der Waals surface area contributed by atoms with Gasteiger partial charge in [0.1, 0.15) is 5.82 Å². The van der Waals surface area contributed by atoms with Gasteiger partial charge in [0.2, 0.25) is 0 Å². The van der Waals surface area contributed by atoms with E-state index in [1.807, 2.05) is 0 Å². The van der Waals surface area contributed by atoms with Crippen LogP contribution in [0.15, 0.2) is 53.8 Å². The summed E-state index contributed by atoms with van der Waals surface area (Å²) in [5, 5.41) is 4.57. The van der Waals surface area contributed by atoms with Gasteiger partial charge in [-0.2, -0.15) is 5.06 Å². The molecule has 176 valence electrons. The molecular weight excluding hydrogens is 486 g/mol. The first-order valence-electron chi connectivity index (χ1n) is 11.4. The fourth-order valence-corrected chi connectivity index (χ4v) is 4.28. The number of nitrogens with zero attached hydrogens (tertiary/aromatic N) is 4. The third-order valence-corrected chi connectivity index (χ3v) is 6.36. The molecule has 2 atom stereocenters. The zero-order chi connectivity index (χ0) is 23.0. The minimum atomic E-state index is -0.468. The van der Waals surface area contributed by atoms with Gasteiger partial charge >= 0.3 is 0 Å². The summed E-state index contributed by atoms with van der Waals surface area (Å²) in [5.41, 5.74) is 1.34. The third kappa shape index (κ3) is 6.83. The quantitative estimate of drug-likeness (QED) is 0.400. The van der Waals surface area contributed by atoms with Gasteiger partial charge in [-0.15, -0.1) is 0 Å². The predicted octanol–water partition coefficient (Wildman–Crippen LogP) is 3.95. The maximum Gasteiger partial charge on any atom is 0.275 e. The molecule has 4 rings (SSSR count). The molecule has 1 unspecified atom stereocenters. The lowest BCUT2D eigenvalue weighted by molar-refractivity contribution is -0.176. The number of nitrogens with one attached hydrogen (secondary N) is 1. The summed E-state index contributed by atoms with van der Waals surface area (Å²) in [6, 6.07) is 8.81. The molecule has 2 aliphatic heterocycles. The van der Waals surface area contributed by atoms with Crippen molar-refractivity contribution in [1.82, 2.24) is 14.9 Å². The Morgan fingerprint density at radius 2 is 2.12 bits per heavy atom. The molecule has 1 N–H and O–H groups in total. The molecule has 3 heterocycles. The number of anilines is 2. The fourth-order valence-electron chi connectivity index (χ4n) is 4.02. The zero-order valence-corrected chi connectivity index (χ0v) is 20.2. The Morgan fingerprint density at radius 1 is 1.27 bits per heavy atom. The van der Waals surface area contributed by atoms with Crippen molar-refractivity contribution in [2.75, 3.05) is 36.6 Å². The molecule has 0 spiro atoms. The number of likely N-dealkylation sites (tertiary alicyclic amines) is 1. The Hall–Kier alpha value is -2.33. The van der Waals surface area contributed by atoms with Crippen LogP contribution in [-0.2, 0) is 20.8 Å². The van der Waals surface area contributed by atoms with Crippen LogP contribution in [0.4, 0.5) is 11.6 Å². The summed E-state index contributed by atoms with van der Waals surface area (Å²) in [5.74, 6) is 0.581. The average molecular weight is 516 g/mol. The van der Waals surface area contributed by atoms with E-state index in [-0.39, 0.29) is 0 Å². The number of rotatable bonds is 9. The predicted molar refractivity (Wildman–Crippen MR) is 131 cm³/mol. The molecular formula is C24H30BrN5O3. The molecule has 1 aromatic carbocycles. The Bertz CT molecular complexity index is 919. The molecule has 8 nitrogen and oxygen atoms in total. The smallest absolute Gasteiger partial charge is 0.275 e. The molecule has 1 amide bonds. The number of hydrogen-bond acceptors (Lipinski definition) is 7. The maximum absolute atomic E-state index is 12.3. The van der Waals surface area contributed by atoms with Gasteiger partial charge in [-0.1, -0.05) is 34.6 Å². The molecule has 33 heavy (non-hydrogen) atoms. The van der Waals surface area contributed by atoms with E-state index >= 15 is 0 Å². The Morgan fingerprint density at radius 3 is 2.82 bits per heavy atom. The highest BCUT2D eigenvalue weighted by Gasteiger charge is 2.25. The van der Waals surface area contributed by atoms with E-state index in [0.29, 0.717) is 24.3 Å². The molecule has 0 aliphatic carbocycles. The van der Waals surface area contributed by atoms with Crippen molar-refractivity contribution in [3.63, 3.8) is 0 Å². The second kappa shape index (κ2) is 11.7. The van der Waals surface area contributed by atoms with Gasteiger partial charge in [-0.05, 0) is 49.5 Å². The van der Waals surface area contributed by atoms with Crippen LogP contribution in [0.3, 0.4) is 0 Å². The fraction of sp³-hybridized carbons (Fsp3) is 0.458. The summed E-state index contributed by atoms with van der Waals surface area (Å²) < 4.78 is 6.69. The van der Waals surface area contributed by atoms with Crippen molar-refractivity contribution in [2.45, 2.75) is 44.4 Å². The summed E-state index contributed by atoms with van der Waals surface area (Å²) >= 11 is 3.48. The number of halogens is 1. The van der Waals surface area contributed by atoms with Crippen molar-refractivity contribution in [3.8, 4) is 0 Å². The molecule has 0 saturated carbocycles. The van der Waals surface area contributed by atoms with Crippen LogP contribution in [0.25, 0.3) is 0 Å². The lowest BCUT2D eigenvalue weighted by atomic mass is 10.1. The Labute approximate surface area is 203 Å². The van der Waals surface area contributed by atoms with Crippen molar-refractivity contribution < 1.29 is 14.4 Å². The van der Waals surface area contributed by atoms with Gasteiger partial charge in [0.25, 0.3) is 5.91 Å². The first-order valence-corrected chi connectivity index (χ1v) is 12.2. The second-order valence-corrected chi connectivity index (χ2v) is 9.22. The van der Waals surface area contributed by atoms with Gasteiger partial charge < -0.3 is 15.0 Å². The van der Waals surface area contributed by atoms with Crippen molar-refractivity contribution in [2.24, 2.45) is 0 Å². The molecule has 2 saturated heterocycles. The number of hydrogen-bond donors (Lipinski definition) is 1. The number of carbonyl (C=O) groups excluding carboxylic acids is 1. The summed E-state index contributed by atoms with van der Waals surface area (Å²) in [4.78, 5) is 29.4. The zero-order valence-electron chi connectivity index (χ0n) is 18.7. The van der Waals surface area contributed by atoms with Crippen LogP contribution in [0.5, 0.6) is 0 Å². The molecule has 1 aromatic heterocycles. The first kappa shape index (κ1) is 23.8. The number of aromatic nitrogens is 2. The highest BCUT2D eigenvalue weighted by atomic mass is 79.9. The first-order chi connectivity index (χ1) is 16.1.